The molecule has 0 aliphatic heterocycles. The van der Waals surface area contributed by atoms with Gasteiger partial charge in [0.2, 0.25) is 0 Å². The highest BCUT2D eigenvalue weighted by atomic mass is 32.2. The molecule has 0 unspecified atom stereocenters. The molecule has 0 rings (SSSR count). The van der Waals surface area contributed by atoms with Crippen LogP contribution in [0.4, 0.5) is 4.79 Å². The SMILES string of the molecule is CC(C)(C)OC(=O)N[C@H](CCCCCS(C)(=O)=O)C(=O)O. The Kier molecular flexibility index (Phi) is 7.70. The van der Waals surface area contributed by atoms with Crippen LogP contribution in [0.2, 0.25) is 0 Å². The van der Waals surface area contributed by atoms with E-state index in [1.165, 1.54) is 0 Å². The molecule has 7 nitrogen and oxygen atoms in total. The molecule has 1 atom stereocenters. The third-order valence-electron chi connectivity index (χ3n) is 2.50. The van der Waals surface area contributed by atoms with Gasteiger partial charge in [-0.3, -0.25) is 0 Å². The van der Waals surface area contributed by atoms with E-state index in [-0.39, 0.29) is 12.2 Å². The number of aliphatic carboxylic acids is 1. The molecule has 0 aromatic rings. The van der Waals surface area contributed by atoms with Crippen LogP contribution < -0.4 is 5.32 Å². The summed E-state index contributed by atoms with van der Waals surface area (Å²) in [4.78, 5) is 22.6. The van der Waals surface area contributed by atoms with Gasteiger partial charge >= 0.3 is 12.1 Å². The molecular formula is C13H25NO6S. The van der Waals surface area contributed by atoms with Crippen molar-refractivity contribution in [2.45, 2.75) is 58.1 Å². The van der Waals surface area contributed by atoms with Crippen LogP contribution >= 0.6 is 0 Å². The number of carboxylic acid groups (broad SMARTS) is 1. The topological polar surface area (TPSA) is 110 Å². The van der Waals surface area contributed by atoms with Crippen molar-refractivity contribution in [3.63, 3.8) is 0 Å². The number of hydrogen-bond donors (Lipinski definition) is 2. The predicted octanol–water partition coefficient (Wildman–Crippen LogP) is 1.57. The molecule has 0 saturated carbocycles. The first kappa shape index (κ1) is 19.7. The Labute approximate surface area is 126 Å². The molecule has 0 radical (unpaired) electrons. The molecule has 0 aromatic heterocycles. The van der Waals surface area contributed by atoms with Crippen LogP contribution in [0.1, 0.15) is 46.5 Å². The molecule has 2 N–H and O–H groups in total. The normalized spacial score (nSPS) is 13.5. The number of nitrogens with one attached hydrogen (secondary N) is 1. The first-order chi connectivity index (χ1) is 9.41. The molecule has 0 saturated heterocycles. The highest BCUT2D eigenvalue weighted by Crippen LogP contribution is 2.09. The van der Waals surface area contributed by atoms with Gasteiger partial charge in [-0.25, -0.2) is 18.0 Å². The summed E-state index contributed by atoms with van der Waals surface area (Å²) in [6.45, 7) is 5.06. The smallest absolute Gasteiger partial charge is 0.408 e. The van der Waals surface area contributed by atoms with E-state index in [0.29, 0.717) is 19.3 Å². The molecule has 124 valence electrons. The van der Waals surface area contributed by atoms with Crippen LogP contribution in [0.5, 0.6) is 0 Å². The van der Waals surface area contributed by atoms with Crippen LogP contribution in [-0.2, 0) is 19.4 Å². The molecule has 0 spiro atoms. The van der Waals surface area contributed by atoms with Gasteiger partial charge in [0.1, 0.15) is 21.5 Å². The molecule has 1 amide bonds. The number of sulfone groups is 1. The third-order valence-corrected chi connectivity index (χ3v) is 3.53. The van der Waals surface area contributed by atoms with Gasteiger partial charge in [-0.15, -0.1) is 0 Å². The van der Waals surface area contributed by atoms with E-state index < -0.39 is 33.5 Å². The minimum Gasteiger partial charge on any atom is -0.480 e. The van der Waals surface area contributed by atoms with Gasteiger partial charge in [-0.05, 0) is 33.6 Å². The van der Waals surface area contributed by atoms with Crippen molar-refractivity contribution in [2.75, 3.05) is 12.0 Å². The quantitative estimate of drug-likeness (QED) is 0.656. The van der Waals surface area contributed by atoms with E-state index in [2.05, 4.69) is 5.32 Å². The Morgan fingerprint density at radius 3 is 2.19 bits per heavy atom. The molecule has 21 heavy (non-hydrogen) atoms. The average molecular weight is 323 g/mol. The van der Waals surface area contributed by atoms with E-state index in [9.17, 15) is 18.0 Å². The summed E-state index contributed by atoms with van der Waals surface area (Å²) >= 11 is 0. The lowest BCUT2D eigenvalue weighted by molar-refractivity contribution is -0.139. The Hall–Kier alpha value is -1.31. The standard InChI is InChI=1S/C13H25NO6S/c1-13(2,3)20-12(17)14-10(11(15)16)8-6-5-7-9-21(4,18)19/h10H,5-9H2,1-4H3,(H,14,17)(H,15,16)/t10-/m1/s1. The largest absolute Gasteiger partial charge is 0.480 e. The monoisotopic (exact) mass is 323 g/mol. The predicted molar refractivity (Wildman–Crippen MR) is 79.0 cm³/mol. The number of rotatable bonds is 8. The lowest BCUT2D eigenvalue weighted by atomic mass is 10.1. The van der Waals surface area contributed by atoms with E-state index in [1.807, 2.05) is 0 Å². The van der Waals surface area contributed by atoms with Crippen LogP contribution in [-0.4, -0.2) is 49.2 Å². The van der Waals surface area contributed by atoms with Crippen molar-refractivity contribution in [3.8, 4) is 0 Å². The Morgan fingerprint density at radius 2 is 1.76 bits per heavy atom. The summed E-state index contributed by atoms with van der Waals surface area (Å²) in [7, 11) is -2.99. The highest BCUT2D eigenvalue weighted by Gasteiger charge is 2.23. The summed E-state index contributed by atoms with van der Waals surface area (Å²) in [6, 6.07) is -1.03. The van der Waals surface area contributed by atoms with Crippen LogP contribution in [0.3, 0.4) is 0 Å². The van der Waals surface area contributed by atoms with Gasteiger partial charge < -0.3 is 15.2 Å². The molecular weight excluding hydrogens is 298 g/mol. The number of amides is 1. The zero-order valence-electron chi connectivity index (χ0n) is 13.0. The highest BCUT2D eigenvalue weighted by molar-refractivity contribution is 7.90. The van der Waals surface area contributed by atoms with E-state index in [1.54, 1.807) is 20.8 Å². The van der Waals surface area contributed by atoms with Crippen molar-refractivity contribution < 1.29 is 27.9 Å². The lowest BCUT2D eigenvalue weighted by Crippen LogP contribution is -2.43. The summed E-state index contributed by atoms with van der Waals surface area (Å²) in [5.41, 5.74) is -0.692. The first-order valence-corrected chi connectivity index (χ1v) is 8.87. The fraction of sp³-hybridized carbons (Fsp3) is 0.846. The van der Waals surface area contributed by atoms with Gasteiger partial charge in [0.15, 0.2) is 0 Å². The van der Waals surface area contributed by atoms with Crippen molar-refractivity contribution >= 4 is 21.9 Å². The number of alkyl carbamates (subject to hydrolysis) is 1. The van der Waals surface area contributed by atoms with E-state index >= 15 is 0 Å². The maximum Gasteiger partial charge on any atom is 0.408 e. The van der Waals surface area contributed by atoms with Gasteiger partial charge in [-0.1, -0.05) is 12.8 Å². The van der Waals surface area contributed by atoms with Crippen molar-refractivity contribution in [1.82, 2.24) is 5.32 Å². The number of carbonyl (C=O) groups excluding carboxylic acids is 1. The van der Waals surface area contributed by atoms with Crippen molar-refractivity contribution in [2.24, 2.45) is 0 Å². The third kappa shape index (κ3) is 12.2. The van der Waals surface area contributed by atoms with E-state index in [0.717, 1.165) is 6.26 Å². The fourth-order valence-corrected chi connectivity index (χ4v) is 2.33. The van der Waals surface area contributed by atoms with Gasteiger partial charge in [0.25, 0.3) is 0 Å². The second-order valence-electron chi connectivity index (χ2n) is 6.02. The Morgan fingerprint density at radius 1 is 1.19 bits per heavy atom. The van der Waals surface area contributed by atoms with Crippen LogP contribution in [0, 0.1) is 0 Å². The maximum absolute atomic E-state index is 11.5. The minimum atomic E-state index is -2.99. The minimum absolute atomic E-state index is 0.0875. The number of ether oxygens (including phenoxy) is 1. The summed E-state index contributed by atoms with van der Waals surface area (Å²) in [6.07, 6.45) is 2.22. The summed E-state index contributed by atoms with van der Waals surface area (Å²) in [5.74, 6) is -1.05. The average Bonchev–Trinajstić information content (AvgIpc) is 2.22. The second kappa shape index (κ2) is 8.21. The number of carbonyl (C=O) groups is 2. The summed E-state index contributed by atoms with van der Waals surface area (Å²) < 4.78 is 26.9. The molecule has 0 aromatic carbocycles. The number of carboxylic acids is 1. The molecule has 0 heterocycles. The fourth-order valence-electron chi connectivity index (χ4n) is 1.60. The molecule has 0 fully saturated rings. The second-order valence-corrected chi connectivity index (χ2v) is 8.28. The van der Waals surface area contributed by atoms with Gasteiger partial charge in [0.05, 0.1) is 0 Å². The lowest BCUT2D eigenvalue weighted by Gasteiger charge is -2.22. The van der Waals surface area contributed by atoms with Gasteiger partial charge in [0, 0.05) is 12.0 Å². The zero-order valence-corrected chi connectivity index (χ0v) is 13.8. The van der Waals surface area contributed by atoms with Gasteiger partial charge in [-0.2, -0.15) is 0 Å². The Balaban J connectivity index is 4.15. The molecule has 0 bridgehead atoms. The summed E-state index contributed by atoms with van der Waals surface area (Å²) in [5, 5.41) is 11.3. The first-order valence-electron chi connectivity index (χ1n) is 6.81. The molecule has 0 aliphatic carbocycles. The zero-order chi connectivity index (χ0) is 16.7. The molecule has 8 heteroatoms. The number of unbranched alkanes of at least 4 members (excludes halogenated alkanes) is 2. The van der Waals surface area contributed by atoms with Crippen molar-refractivity contribution in [3.05, 3.63) is 0 Å². The maximum atomic E-state index is 11.5. The van der Waals surface area contributed by atoms with Crippen LogP contribution in [0.15, 0.2) is 0 Å². The van der Waals surface area contributed by atoms with E-state index in [4.69, 9.17) is 9.84 Å². The van der Waals surface area contributed by atoms with Crippen molar-refractivity contribution in [1.29, 1.82) is 0 Å². The molecule has 0 aliphatic rings. The van der Waals surface area contributed by atoms with Crippen LogP contribution in [0.25, 0.3) is 0 Å². The number of hydrogen-bond acceptors (Lipinski definition) is 5. The Bertz CT molecular complexity index is 452.